The molecule has 0 aromatic heterocycles. The highest BCUT2D eigenvalue weighted by atomic mass is 32.2. The molecule has 0 saturated carbocycles. The number of hydrogen-bond acceptors (Lipinski definition) is 5. The van der Waals surface area contributed by atoms with E-state index in [1.54, 1.807) is 6.07 Å². The third kappa shape index (κ3) is 5.18. The average molecular weight is 315 g/mol. The lowest BCUT2D eigenvalue weighted by Gasteiger charge is -2.28. The zero-order chi connectivity index (χ0) is 16.3. The summed E-state index contributed by atoms with van der Waals surface area (Å²) in [7, 11) is 1.78. The number of benzene rings is 1. The molecule has 0 heterocycles. The molecule has 0 spiro atoms. The first-order valence-electron chi connectivity index (χ1n) is 6.65. The van der Waals surface area contributed by atoms with Gasteiger partial charge in [-0.1, -0.05) is 13.8 Å². The van der Waals surface area contributed by atoms with Crippen LogP contribution in [0.25, 0.3) is 0 Å². The molecule has 0 bridgehead atoms. The zero-order valence-corrected chi connectivity index (χ0v) is 14.1. The van der Waals surface area contributed by atoms with Crippen LogP contribution in [0.2, 0.25) is 0 Å². The molecule has 0 saturated heterocycles. The van der Waals surface area contributed by atoms with Crippen LogP contribution in [0.5, 0.6) is 5.75 Å². The highest BCUT2D eigenvalue weighted by Gasteiger charge is 2.24. The van der Waals surface area contributed by atoms with Crippen molar-refractivity contribution in [2.75, 3.05) is 40.0 Å². The lowest BCUT2D eigenvalue weighted by atomic mass is 9.93. The lowest BCUT2D eigenvalue weighted by Crippen LogP contribution is -2.40. The quantitative estimate of drug-likeness (QED) is 0.737. The Balaban J connectivity index is 2.87. The highest BCUT2D eigenvalue weighted by Crippen LogP contribution is 2.24. The van der Waals surface area contributed by atoms with E-state index in [0.29, 0.717) is 12.3 Å². The van der Waals surface area contributed by atoms with Crippen molar-refractivity contribution in [1.29, 1.82) is 0 Å². The molecule has 1 rings (SSSR count). The summed E-state index contributed by atoms with van der Waals surface area (Å²) in [6.45, 7) is 5.12. The summed E-state index contributed by atoms with van der Waals surface area (Å²) in [4.78, 5) is 2.10. The third-order valence-electron chi connectivity index (χ3n) is 2.99. The summed E-state index contributed by atoms with van der Waals surface area (Å²) in [5.74, 6) is 0.527. The van der Waals surface area contributed by atoms with E-state index < -0.39 is 10.0 Å². The fourth-order valence-corrected chi connectivity index (χ4v) is 3.53. The topological polar surface area (TPSA) is 84.7 Å². The SMILES string of the molecule is COc1ccc(S(=O)(=O)NCC(C)(C)CN(C)C)c(N)c1. The Morgan fingerprint density at radius 2 is 1.95 bits per heavy atom. The minimum absolute atomic E-state index is 0.0731. The fourth-order valence-electron chi connectivity index (χ4n) is 2.18. The zero-order valence-electron chi connectivity index (χ0n) is 13.3. The number of nitrogens with zero attached hydrogens (tertiary/aromatic N) is 1. The van der Waals surface area contributed by atoms with Crippen molar-refractivity contribution < 1.29 is 13.2 Å². The van der Waals surface area contributed by atoms with Gasteiger partial charge in [-0.25, -0.2) is 13.1 Å². The molecular formula is C14H25N3O3S. The Bertz CT molecular complexity index is 583. The molecule has 0 atom stereocenters. The molecule has 0 aliphatic rings. The number of sulfonamides is 1. The molecule has 7 heteroatoms. The van der Waals surface area contributed by atoms with Crippen LogP contribution in [0.3, 0.4) is 0 Å². The summed E-state index contributed by atoms with van der Waals surface area (Å²) in [6, 6.07) is 4.53. The minimum atomic E-state index is -3.63. The Labute approximate surface area is 127 Å². The van der Waals surface area contributed by atoms with E-state index in [4.69, 9.17) is 10.5 Å². The number of nitrogen functional groups attached to an aromatic ring is 1. The maximum Gasteiger partial charge on any atom is 0.242 e. The van der Waals surface area contributed by atoms with Gasteiger partial charge < -0.3 is 15.4 Å². The second-order valence-electron chi connectivity index (χ2n) is 6.13. The van der Waals surface area contributed by atoms with Gasteiger partial charge in [0.1, 0.15) is 10.6 Å². The van der Waals surface area contributed by atoms with Gasteiger partial charge in [0.05, 0.1) is 12.8 Å². The molecule has 0 fully saturated rings. The van der Waals surface area contributed by atoms with E-state index in [1.165, 1.54) is 19.2 Å². The molecule has 6 nitrogen and oxygen atoms in total. The third-order valence-corrected chi connectivity index (χ3v) is 4.47. The molecule has 120 valence electrons. The van der Waals surface area contributed by atoms with Crippen molar-refractivity contribution in [2.45, 2.75) is 18.7 Å². The minimum Gasteiger partial charge on any atom is -0.497 e. The van der Waals surface area contributed by atoms with Gasteiger partial charge in [0.15, 0.2) is 0 Å². The number of nitrogens with two attached hydrogens (primary N) is 1. The molecule has 0 unspecified atom stereocenters. The Hall–Kier alpha value is -1.31. The van der Waals surface area contributed by atoms with Crippen molar-refractivity contribution in [3.05, 3.63) is 18.2 Å². The van der Waals surface area contributed by atoms with E-state index >= 15 is 0 Å². The highest BCUT2D eigenvalue weighted by molar-refractivity contribution is 7.89. The number of nitrogens with one attached hydrogen (secondary N) is 1. The van der Waals surface area contributed by atoms with Crippen LogP contribution in [-0.2, 0) is 10.0 Å². The second-order valence-corrected chi connectivity index (χ2v) is 7.87. The Morgan fingerprint density at radius 3 is 2.43 bits per heavy atom. The number of rotatable bonds is 7. The monoisotopic (exact) mass is 315 g/mol. The van der Waals surface area contributed by atoms with Gasteiger partial charge in [-0.15, -0.1) is 0 Å². The van der Waals surface area contributed by atoms with Gasteiger partial charge in [0.2, 0.25) is 10.0 Å². The number of methoxy groups -OCH3 is 1. The molecule has 1 aromatic rings. The summed E-state index contributed by atoms with van der Waals surface area (Å²) in [5.41, 5.74) is 5.79. The first-order valence-corrected chi connectivity index (χ1v) is 8.14. The van der Waals surface area contributed by atoms with Crippen LogP contribution < -0.4 is 15.2 Å². The van der Waals surface area contributed by atoms with Gasteiger partial charge >= 0.3 is 0 Å². The fraction of sp³-hybridized carbons (Fsp3) is 0.571. The summed E-state index contributed by atoms with van der Waals surface area (Å²) in [5, 5.41) is 0. The molecule has 3 N–H and O–H groups in total. The second kappa shape index (κ2) is 6.64. The van der Waals surface area contributed by atoms with Crippen molar-refractivity contribution in [1.82, 2.24) is 9.62 Å². The van der Waals surface area contributed by atoms with Crippen LogP contribution >= 0.6 is 0 Å². The normalized spacial score (nSPS) is 12.7. The summed E-state index contributed by atoms with van der Waals surface area (Å²) < 4.78 is 32.3. The Kier molecular flexibility index (Phi) is 5.61. The van der Waals surface area contributed by atoms with Crippen molar-refractivity contribution >= 4 is 15.7 Å². The maximum atomic E-state index is 12.3. The summed E-state index contributed by atoms with van der Waals surface area (Å²) >= 11 is 0. The number of hydrogen-bond donors (Lipinski definition) is 2. The smallest absolute Gasteiger partial charge is 0.242 e. The molecule has 0 amide bonds. The van der Waals surface area contributed by atoms with Gasteiger partial charge in [0.25, 0.3) is 0 Å². The van der Waals surface area contributed by atoms with Gasteiger partial charge in [-0.3, -0.25) is 0 Å². The number of anilines is 1. The predicted molar refractivity (Wildman–Crippen MR) is 84.9 cm³/mol. The molecule has 0 aliphatic carbocycles. The first-order chi connectivity index (χ1) is 9.57. The van der Waals surface area contributed by atoms with Crippen LogP contribution in [0.4, 0.5) is 5.69 Å². The summed E-state index contributed by atoms with van der Waals surface area (Å²) in [6.07, 6.45) is 0. The van der Waals surface area contributed by atoms with Crippen molar-refractivity contribution in [3.8, 4) is 5.75 Å². The average Bonchev–Trinajstić information content (AvgIpc) is 2.34. The Morgan fingerprint density at radius 1 is 1.33 bits per heavy atom. The van der Waals surface area contributed by atoms with Crippen molar-refractivity contribution in [2.24, 2.45) is 5.41 Å². The lowest BCUT2D eigenvalue weighted by molar-refractivity contribution is 0.242. The van der Waals surface area contributed by atoms with Crippen LogP contribution in [-0.4, -0.2) is 47.6 Å². The number of ether oxygens (including phenoxy) is 1. The van der Waals surface area contributed by atoms with E-state index in [0.717, 1.165) is 6.54 Å². The predicted octanol–water partition coefficient (Wildman–Crippen LogP) is 1.14. The largest absolute Gasteiger partial charge is 0.497 e. The van der Waals surface area contributed by atoms with E-state index in [-0.39, 0.29) is 16.0 Å². The molecule has 0 aliphatic heterocycles. The molecule has 1 aromatic carbocycles. The van der Waals surface area contributed by atoms with Gasteiger partial charge in [-0.2, -0.15) is 0 Å². The molecule has 21 heavy (non-hydrogen) atoms. The molecular weight excluding hydrogens is 290 g/mol. The van der Waals surface area contributed by atoms with Gasteiger partial charge in [-0.05, 0) is 31.6 Å². The standard InChI is InChI=1S/C14H25N3O3S/c1-14(2,10-17(3)4)9-16-21(18,19)13-7-6-11(20-5)8-12(13)15/h6-8,16H,9-10,15H2,1-5H3. The van der Waals surface area contributed by atoms with E-state index in [9.17, 15) is 8.42 Å². The van der Waals surface area contributed by atoms with Crippen LogP contribution in [0.15, 0.2) is 23.1 Å². The van der Waals surface area contributed by atoms with Crippen LogP contribution in [0, 0.1) is 5.41 Å². The van der Waals surface area contributed by atoms with Crippen LogP contribution in [0.1, 0.15) is 13.8 Å². The first kappa shape index (κ1) is 17.7. The van der Waals surface area contributed by atoms with E-state index in [1.807, 2.05) is 32.8 Å². The molecule has 0 radical (unpaired) electrons. The van der Waals surface area contributed by atoms with Gasteiger partial charge in [0, 0.05) is 19.2 Å². The van der Waals surface area contributed by atoms with Crippen molar-refractivity contribution in [3.63, 3.8) is 0 Å². The van der Waals surface area contributed by atoms with E-state index in [2.05, 4.69) is 4.72 Å². The maximum absolute atomic E-state index is 12.3.